The number of amides is 1. The molecule has 0 unspecified atom stereocenters. The summed E-state index contributed by atoms with van der Waals surface area (Å²) in [5, 5.41) is 2.64. The van der Waals surface area contributed by atoms with Crippen LogP contribution in [0.5, 0.6) is 5.75 Å². The Labute approximate surface area is 155 Å². The smallest absolute Gasteiger partial charge is 0.407 e. The fourth-order valence-electron chi connectivity index (χ4n) is 1.83. The number of methoxy groups -OCH3 is 1. The van der Waals surface area contributed by atoms with Gasteiger partial charge in [-0.05, 0) is 55.6 Å². The lowest BCUT2D eigenvalue weighted by Gasteiger charge is -2.19. The van der Waals surface area contributed by atoms with Crippen molar-refractivity contribution in [3.05, 3.63) is 28.0 Å². The molecule has 1 N–H and O–H groups in total. The van der Waals surface area contributed by atoms with E-state index in [2.05, 4.69) is 26.0 Å². The molecule has 1 aromatic carbocycles. The van der Waals surface area contributed by atoms with E-state index in [0.717, 1.165) is 6.07 Å². The highest BCUT2D eigenvalue weighted by Gasteiger charge is 2.17. The zero-order chi connectivity index (χ0) is 19.0. The topological polar surface area (TPSA) is 73.9 Å². The average Bonchev–Trinajstić information content (AvgIpc) is 2.51. The molecular weight excluding hydrogens is 397 g/mol. The first kappa shape index (κ1) is 21.2. The van der Waals surface area contributed by atoms with E-state index in [0.29, 0.717) is 19.4 Å². The summed E-state index contributed by atoms with van der Waals surface area (Å²) in [5.74, 6) is -1.02. The zero-order valence-corrected chi connectivity index (χ0v) is 16.4. The maximum Gasteiger partial charge on any atom is 0.407 e. The van der Waals surface area contributed by atoms with Gasteiger partial charge in [0.25, 0.3) is 0 Å². The number of hydrogen-bond donors (Lipinski definition) is 1. The SMILES string of the molecule is COC(=O)c1cc(Br)c(F)cc1OCCCCNC(=O)OC(C)(C)C. The predicted molar refractivity (Wildman–Crippen MR) is 94.4 cm³/mol. The van der Waals surface area contributed by atoms with Crippen molar-refractivity contribution in [2.75, 3.05) is 20.3 Å². The normalized spacial score (nSPS) is 11.0. The molecule has 0 spiro atoms. The van der Waals surface area contributed by atoms with Crippen molar-refractivity contribution in [1.29, 1.82) is 0 Å². The van der Waals surface area contributed by atoms with Gasteiger partial charge in [-0.3, -0.25) is 0 Å². The Hall–Kier alpha value is -1.83. The number of nitrogens with one attached hydrogen (secondary N) is 1. The molecule has 0 aliphatic carbocycles. The summed E-state index contributed by atoms with van der Waals surface area (Å²) in [5.41, 5.74) is -0.397. The minimum atomic E-state index is -0.609. The Morgan fingerprint density at radius 3 is 2.52 bits per heavy atom. The molecule has 1 rings (SSSR count). The molecule has 0 aromatic heterocycles. The molecule has 0 atom stereocenters. The van der Waals surface area contributed by atoms with Gasteiger partial charge in [0.1, 0.15) is 22.7 Å². The summed E-state index contributed by atoms with van der Waals surface area (Å²) in [4.78, 5) is 23.2. The number of ether oxygens (including phenoxy) is 3. The maximum absolute atomic E-state index is 13.6. The number of halogens is 2. The van der Waals surface area contributed by atoms with Gasteiger partial charge in [-0.25, -0.2) is 14.0 Å². The van der Waals surface area contributed by atoms with Crippen LogP contribution in [-0.4, -0.2) is 37.9 Å². The molecule has 0 bridgehead atoms. The number of carbonyl (C=O) groups excluding carboxylic acids is 2. The van der Waals surface area contributed by atoms with Gasteiger partial charge in [-0.1, -0.05) is 0 Å². The van der Waals surface area contributed by atoms with Gasteiger partial charge in [0.15, 0.2) is 0 Å². The molecule has 0 saturated heterocycles. The van der Waals surface area contributed by atoms with Crippen molar-refractivity contribution < 1.29 is 28.2 Å². The summed E-state index contributed by atoms with van der Waals surface area (Å²) in [6, 6.07) is 2.45. The summed E-state index contributed by atoms with van der Waals surface area (Å²) in [7, 11) is 1.24. The molecule has 0 aliphatic heterocycles. The monoisotopic (exact) mass is 419 g/mol. The highest BCUT2D eigenvalue weighted by molar-refractivity contribution is 9.10. The van der Waals surface area contributed by atoms with Crippen molar-refractivity contribution in [2.24, 2.45) is 0 Å². The number of benzene rings is 1. The fourth-order valence-corrected chi connectivity index (χ4v) is 2.17. The van der Waals surface area contributed by atoms with E-state index in [9.17, 15) is 14.0 Å². The third-order valence-corrected chi connectivity index (χ3v) is 3.53. The number of carbonyl (C=O) groups is 2. The second-order valence-corrected chi connectivity index (χ2v) is 7.09. The summed E-state index contributed by atoms with van der Waals surface area (Å²) >= 11 is 3.02. The summed E-state index contributed by atoms with van der Waals surface area (Å²) in [6.45, 7) is 6.06. The molecule has 1 aromatic rings. The second-order valence-electron chi connectivity index (χ2n) is 6.24. The largest absolute Gasteiger partial charge is 0.493 e. The van der Waals surface area contributed by atoms with E-state index in [1.54, 1.807) is 20.8 Å². The van der Waals surface area contributed by atoms with Gasteiger partial charge in [-0.2, -0.15) is 0 Å². The zero-order valence-electron chi connectivity index (χ0n) is 14.8. The maximum atomic E-state index is 13.6. The van der Waals surface area contributed by atoms with Crippen molar-refractivity contribution in [1.82, 2.24) is 5.32 Å². The van der Waals surface area contributed by atoms with Crippen LogP contribution in [0.4, 0.5) is 9.18 Å². The van der Waals surface area contributed by atoms with Crippen LogP contribution in [0, 0.1) is 5.82 Å². The van der Waals surface area contributed by atoms with Gasteiger partial charge in [-0.15, -0.1) is 0 Å². The van der Waals surface area contributed by atoms with E-state index in [-0.39, 0.29) is 22.4 Å². The number of rotatable bonds is 7. The Morgan fingerprint density at radius 2 is 1.92 bits per heavy atom. The Kier molecular flexibility index (Phi) is 8.15. The quantitative estimate of drug-likeness (QED) is 0.532. The molecular formula is C17H23BrFNO5. The number of alkyl carbamates (subject to hydrolysis) is 1. The minimum absolute atomic E-state index is 0.118. The summed E-state index contributed by atoms with van der Waals surface area (Å²) in [6.07, 6.45) is 0.774. The van der Waals surface area contributed by atoms with Crippen LogP contribution in [0.2, 0.25) is 0 Å². The Balaban J connectivity index is 2.43. The molecule has 0 saturated carbocycles. The van der Waals surface area contributed by atoms with Crippen LogP contribution in [0.3, 0.4) is 0 Å². The molecule has 1 amide bonds. The third kappa shape index (κ3) is 7.72. The molecule has 25 heavy (non-hydrogen) atoms. The molecule has 0 fully saturated rings. The Bertz CT molecular complexity index is 616. The van der Waals surface area contributed by atoms with Gasteiger partial charge in [0.2, 0.25) is 0 Å². The van der Waals surface area contributed by atoms with Crippen molar-refractivity contribution in [2.45, 2.75) is 39.2 Å². The standard InChI is InChI=1S/C17H23BrFNO5/c1-17(2,3)25-16(22)20-7-5-6-8-24-14-10-13(19)12(18)9-11(14)15(21)23-4/h9-10H,5-8H2,1-4H3,(H,20,22). The van der Waals surface area contributed by atoms with E-state index in [1.165, 1.54) is 13.2 Å². The first-order valence-corrected chi connectivity index (χ1v) is 8.60. The lowest BCUT2D eigenvalue weighted by molar-refractivity contribution is 0.0524. The number of hydrogen-bond acceptors (Lipinski definition) is 5. The van der Waals surface area contributed by atoms with Gasteiger partial charge >= 0.3 is 12.1 Å². The minimum Gasteiger partial charge on any atom is -0.493 e. The molecule has 140 valence electrons. The van der Waals surface area contributed by atoms with Crippen molar-refractivity contribution >= 4 is 28.0 Å². The van der Waals surface area contributed by atoms with Gasteiger partial charge in [0.05, 0.1) is 18.2 Å². The van der Waals surface area contributed by atoms with E-state index in [4.69, 9.17) is 9.47 Å². The van der Waals surface area contributed by atoms with E-state index in [1.807, 2.05) is 0 Å². The Morgan fingerprint density at radius 1 is 1.24 bits per heavy atom. The molecule has 8 heteroatoms. The first-order valence-electron chi connectivity index (χ1n) is 7.81. The fraction of sp³-hybridized carbons (Fsp3) is 0.529. The lowest BCUT2D eigenvalue weighted by atomic mass is 10.2. The van der Waals surface area contributed by atoms with Crippen LogP contribution in [0.1, 0.15) is 44.0 Å². The van der Waals surface area contributed by atoms with Crippen LogP contribution in [0.15, 0.2) is 16.6 Å². The number of esters is 1. The van der Waals surface area contributed by atoms with E-state index < -0.39 is 23.5 Å². The van der Waals surface area contributed by atoms with Crippen LogP contribution >= 0.6 is 15.9 Å². The highest BCUT2D eigenvalue weighted by atomic mass is 79.9. The van der Waals surface area contributed by atoms with Crippen molar-refractivity contribution in [3.8, 4) is 5.75 Å². The second kappa shape index (κ2) is 9.60. The summed E-state index contributed by atoms with van der Waals surface area (Å²) < 4.78 is 29.0. The van der Waals surface area contributed by atoms with Crippen LogP contribution in [-0.2, 0) is 9.47 Å². The average molecular weight is 420 g/mol. The third-order valence-electron chi connectivity index (χ3n) is 2.92. The molecule has 0 radical (unpaired) electrons. The lowest BCUT2D eigenvalue weighted by Crippen LogP contribution is -2.33. The predicted octanol–water partition coefficient (Wildman–Crippen LogP) is 4.06. The molecule has 6 nitrogen and oxygen atoms in total. The van der Waals surface area contributed by atoms with Crippen LogP contribution in [0.25, 0.3) is 0 Å². The van der Waals surface area contributed by atoms with Gasteiger partial charge < -0.3 is 19.5 Å². The van der Waals surface area contributed by atoms with Crippen molar-refractivity contribution in [3.63, 3.8) is 0 Å². The molecule has 0 heterocycles. The van der Waals surface area contributed by atoms with Crippen LogP contribution < -0.4 is 10.1 Å². The molecule has 0 aliphatic rings. The van der Waals surface area contributed by atoms with Gasteiger partial charge in [0, 0.05) is 12.6 Å². The van der Waals surface area contributed by atoms with E-state index >= 15 is 0 Å². The first-order chi connectivity index (χ1) is 11.6. The number of unbranched alkanes of at least 4 members (excludes halogenated alkanes) is 1. The highest BCUT2D eigenvalue weighted by Crippen LogP contribution is 2.27.